The van der Waals surface area contributed by atoms with Crippen LogP contribution in [0.2, 0.25) is 0 Å². The number of ketones is 1. The second-order valence-electron chi connectivity index (χ2n) is 7.55. The third-order valence-electron chi connectivity index (χ3n) is 5.48. The number of fused-ring (bicyclic) bond motifs is 1. The molecule has 1 aromatic carbocycles. The molecular weight excluding hydrogens is 462 g/mol. The molecule has 162 valence electrons. The largest absolute Gasteiger partial charge is 0.486 e. The molecule has 0 fully saturated rings. The summed E-state index contributed by atoms with van der Waals surface area (Å²) in [6, 6.07) is 11.2. The number of carbonyl (C=O) groups is 2. The van der Waals surface area contributed by atoms with Crippen molar-refractivity contribution in [3.63, 3.8) is 0 Å². The molecule has 0 saturated carbocycles. The van der Waals surface area contributed by atoms with E-state index in [1.807, 2.05) is 49.4 Å². The Balaban J connectivity index is 1.65. The van der Waals surface area contributed by atoms with Crippen molar-refractivity contribution in [2.24, 2.45) is 5.92 Å². The summed E-state index contributed by atoms with van der Waals surface area (Å²) < 4.78 is 18.1. The van der Waals surface area contributed by atoms with Crippen molar-refractivity contribution in [2.75, 3.05) is 6.61 Å². The fourth-order valence-corrected chi connectivity index (χ4v) is 4.53. The maximum atomic E-state index is 12.9. The van der Waals surface area contributed by atoms with Crippen LogP contribution in [0.1, 0.15) is 44.1 Å². The van der Waals surface area contributed by atoms with Gasteiger partial charge in [-0.3, -0.25) is 4.79 Å². The molecule has 4 rings (SSSR count). The zero-order valence-electron chi connectivity index (χ0n) is 17.4. The van der Waals surface area contributed by atoms with Gasteiger partial charge < -0.3 is 19.2 Å². The number of nitrogens with one attached hydrogen (secondary N) is 1. The number of ether oxygens (including phenoxy) is 2. The van der Waals surface area contributed by atoms with E-state index in [1.54, 1.807) is 6.92 Å². The van der Waals surface area contributed by atoms with E-state index in [4.69, 9.17) is 13.9 Å². The molecule has 2 atom stereocenters. The number of allylic oxidation sites excluding steroid dienone is 3. The van der Waals surface area contributed by atoms with Crippen LogP contribution in [0.15, 0.2) is 68.3 Å². The molecule has 1 aliphatic heterocycles. The van der Waals surface area contributed by atoms with E-state index in [1.165, 1.54) is 0 Å². The molecule has 1 aromatic heterocycles. The predicted molar refractivity (Wildman–Crippen MR) is 118 cm³/mol. The SMILES string of the molecule is CCOC(=O)C1=C(C)NC2=CCCC(=O)C2C1c1ccc(COc2cccc(Br)c2)o1. The summed E-state index contributed by atoms with van der Waals surface area (Å²) in [5, 5.41) is 3.24. The molecule has 6 nitrogen and oxygen atoms in total. The van der Waals surface area contributed by atoms with Gasteiger partial charge in [0.2, 0.25) is 0 Å². The van der Waals surface area contributed by atoms with Crippen LogP contribution in [0.3, 0.4) is 0 Å². The molecule has 2 heterocycles. The summed E-state index contributed by atoms with van der Waals surface area (Å²) in [5.74, 6) is 0.530. The van der Waals surface area contributed by atoms with Crippen LogP contribution in [0.4, 0.5) is 0 Å². The van der Waals surface area contributed by atoms with Crippen LogP contribution in [0.5, 0.6) is 5.75 Å². The fraction of sp³-hybridized carbons (Fsp3) is 0.333. The van der Waals surface area contributed by atoms with Crippen molar-refractivity contribution in [2.45, 2.75) is 39.2 Å². The van der Waals surface area contributed by atoms with E-state index in [-0.39, 0.29) is 19.0 Å². The number of esters is 1. The summed E-state index contributed by atoms with van der Waals surface area (Å²) in [4.78, 5) is 25.7. The summed E-state index contributed by atoms with van der Waals surface area (Å²) >= 11 is 3.43. The minimum Gasteiger partial charge on any atom is -0.486 e. The number of benzene rings is 1. The number of hydrogen-bond donors (Lipinski definition) is 1. The van der Waals surface area contributed by atoms with E-state index in [0.717, 1.165) is 10.2 Å². The Morgan fingerprint density at radius 1 is 1.26 bits per heavy atom. The Kier molecular flexibility index (Phi) is 6.32. The second kappa shape index (κ2) is 9.14. The lowest BCUT2D eigenvalue weighted by molar-refractivity contribution is -0.139. The summed E-state index contributed by atoms with van der Waals surface area (Å²) in [6.45, 7) is 4.09. The molecule has 0 spiro atoms. The highest BCUT2D eigenvalue weighted by molar-refractivity contribution is 9.10. The summed E-state index contributed by atoms with van der Waals surface area (Å²) in [5.41, 5.74) is 1.95. The smallest absolute Gasteiger partial charge is 0.336 e. The second-order valence-corrected chi connectivity index (χ2v) is 8.47. The Morgan fingerprint density at radius 2 is 2.10 bits per heavy atom. The highest BCUT2D eigenvalue weighted by atomic mass is 79.9. The van der Waals surface area contributed by atoms with Crippen molar-refractivity contribution in [1.29, 1.82) is 0 Å². The summed E-state index contributed by atoms with van der Waals surface area (Å²) in [7, 11) is 0. The number of carbonyl (C=O) groups excluding carboxylic acids is 2. The predicted octanol–water partition coefficient (Wildman–Crippen LogP) is 5.01. The number of hydrogen-bond acceptors (Lipinski definition) is 6. The van der Waals surface area contributed by atoms with E-state index < -0.39 is 17.8 Å². The lowest BCUT2D eigenvalue weighted by Gasteiger charge is -2.36. The van der Waals surface area contributed by atoms with Crippen molar-refractivity contribution >= 4 is 27.7 Å². The number of rotatable bonds is 6. The number of halogens is 1. The molecule has 31 heavy (non-hydrogen) atoms. The molecule has 2 unspecified atom stereocenters. The maximum Gasteiger partial charge on any atom is 0.336 e. The zero-order valence-corrected chi connectivity index (χ0v) is 19.0. The van der Waals surface area contributed by atoms with Gasteiger partial charge in [-0.2, -0.15) is 0 Å². The average Bonchev–Trinajstić information content (AvgIpc) is 3.20. The van der Waals surface area contributed by atoms with E-state index in [9.17, 15) is 9.59 Å². The van der Waals surface area contributed by atoms with Gasteiger partial charge in [0.1, 0.15) is 29.7 Å². The van der Waals surface area contributed by atoms with Crippen molar-refractivity contribution in [3.05, 3.63) is 75.4 Å². The molecule has 0 bridgehead atoms. The lowest BCUT2D eigenvalue weighted by Crippen LogP contribution is -2.40. The van der Waals surface area contributed by atoms with Crippen molar-refractivity contribution in [1.82, 2.24) is 5.32 Å². The lowest BCUT2D eigenvalue weighted by atomic mass is 9.73. The molecule has 0 saturated heterocycles. The topological polar surface area (TPSA) is 77.8 Å². The van der Waals surface area contributed by atoms with Crippen LogP contribution < -0.4 is 10.1 Å². The first-order valence-electron chi connectivity index (χ1n) is 10.3. The fourth-order valence-electron chi connectivity index (χ4n) is 4.15. The minimum atomic E-state index is -0.529. The van der Waals surface area contributed by atoms with E-state index >= 15 is 0 Å². The van der Waals surface area contributed by atoms with Crippen LogP contribution >= 0.6 is 15.9 Å². The van der Waals surface area contributed by atoms with Crippen molar-refractivity contribution in [3.8, 4) is 5.75 Å². The first-order valence-corrected chi connectivity index (χ1v) is 11.1. The minimum absolute atomic E-state index is 0.0904. The Bertz CT molecular complexity index is 1070. The van der Waals surface area contributed by atoms with Crippen LogP contribution in [0.25, 0.3) is 0 Å². The zero-order chi connectivity index (χ0) is 22.0. The van der Waals surface area contributed by atoms with Gasteiger partial charge in [-0.1, -0.05) is 28.1 Å². The van der Waals surface area contributed by atoms with Gasteiger partial charge in [-0.15, -0.1) is 0 Å². The molecular formula is C24H24BrNO5. The third kappa shape index (κ3) is 4.46. The summed E-state index contributed by atoms with van der Waals surface area (Å²) in [6.07, 6.45) is 3.17. The maximum absolute atomic E-state index is 12.9. The van der Waals surface area contributed by atoms with Gasteiger partial charge in [0.25, 0.3) is 0 Å². The Hall–Kier alpha value is -2.80. The molecule has 7 heteroatoms. The molecule has 1 N–H and O–H groups in total. The third-order valence-corrected chi connectivity index (χ3v) is 5.97. The number of furan rings is 1. The molecule has 0 radical (unpaired) electrons. The van der Waals surface area contributed by atoms with Gasteiger partial charge in [-0.25, -0.2) is 4.79 Å². The van der Waals surface area contributed by atoms with E-state index in [0.29, 0.717) is 41.4 Å². The molecule has 0 amide bonds. The Morgan fingerprint density at radius 3 is 2.87 bits per heavy atom. The van der Waals surface area contributed by atoms with E-state index in [2.05, 4.69) is 21.2 Å². The number of Topliss-reactive ketones (excluding diaryl/α,β-unsaturated/α-hetero) is 1. The van der Waals surface area contributed by atoms with Crippen molar-refractivity contribution < 1.29 is 23.5 Å². The monoisotopic (exact) mass is 485 g/mol. The first-order chi connectivity index (χ1) is 15.0. The highest BCUT2D eigenvalue weighted by Gasteiger charge is 2.44. The van der Waals surface area contributed by atoms with Gasteiger partial charge in [0, 0.05) is 22.3 Å². The molecule has 1 aliphatic carbocycles. The van der Waals surface area contributed by atoms with Crippen LogP contribution in [-0.2, 0) is 20.9 Å². The first kappa shape index (κ1) is 21.4. The standard InChI is InChI=1S/C24H24BrNO5/c1-3-29-24(28)21-14(2)26-18-8-5-9-19(27)22(18)23(21)20-11-10-17(31-20)13-30-16-7-4-6-15(25)12-16/h4,6-8,10-12,22-23,26H,3,5,9,13H2,1-2H3. The van der Waals surface area contributed by atoms with Gasteiger partial charge in [0.15, 0.2) is 0 Å². The van der Waals surface area contributed by atoms with Gasteiger partial charge >= 0.3 is 5.97 Å². The van der Waals surface area contributed by atoms with Crippen LogP contribution in [0, 0.1) is 5.92 Å². The Labute approximate surface area is 189 Å². The molecule has 2 aliphatic rings. The quantitative estimate of drug-likeness (QED) is 0.579. The average molecular weight is 486 g/mol. The molecule has 2 aromatic rings. The highest BCUT2D eigenvalue weighted by Crippen LogP contribution is 2.44. The normalized spacial score (nSPS) is 20.6. The van der Waals surface area contributed by atoms with Gasteiger partial charge in [0.05, 0.1) is 24.0 Å². The van der Waals surface area contributed by atoms with Crippen LogP contribution in [-0.4, -0.2) is 18.4 Å². The van der Waals surface area contributed by atoms with Gasteiger partial charge in [-0.05, 0) is 50.6 Å².